The second kappa shape index (κ2) is 11.3. The minimum Gasteiger partial charge on any atom is -0.336 e. The number of nitrogens with zero attached hydrogens (tertiary/aromatic N) is 5. The Balaban J connectivity index is 1.51. The summed E-state index contributed by atoms with van der Waals surface area (Å²) in [4.78, 5) is 32.7. The van der Waals surface area contributed by atoms with Gasteiger partial charge in [0.2, 0.25) is 5.91 Å². The molecule has 182 valence electrons. The lowest BCUT2D eigenvalue weighted by atomic mass is 10.0. The summed E-state index contributed by atoms with van der Waals surface area (Å²) in [6, 6.07) is 2.47. The SMILES string of the molecule is C=CC(=O)N1CCN(C(C)CC2CC2/C=C(/C#N)C(=O)N2CCN(C(C)C)CC2)C(CF)C1. The number of carbonyl (C=O) groups is 2. The molecular weight excluding hydrogens is 421 g/mol. The van der Waals surface area contributed by atoms with E-state index >= 15 is 0 Å². The van der Waals surface area contributed by atoms with Crippen LogP contribution in [0.4, 0.5) is 4.39 Å². The van der Waals surface area contributed by atoms with Gasteiger partial charge < -0.3 is 9.80 Å². The minimum absolute atomic E-state index is 0.146. The number of alkyl halides is 1. The highest BCUT2D eigenvalue weighted by atomic mass is 19.1. The quantitative estimate of drug-likeness (QED) is 0.411. The molecule has 7 nitrogen and oxygen atoms in total. The van der Waals surface area contributed by atoms with Crippen LogP contribution in [0.3, 0.4) is 0 Å². The molecule has 1 aliphatic carbocycles. The van der Waals surface area contributed by atoms with Crippen molar-refractivity contribution in [1.29, 1.82) is 5.26 Å². The van der Waals surface area contributed by atoms with Crippen molar-refractivity contribution in [3.05, 3.63) is 24.3 Å². The van der Waals surface area contributed by atoms with Crippen LogP contribution in [0.1, 0.15) is 33.6 Å². The van der Waals surface area contributed by atoms with E-state index in [9.17, 15) is 19.2 Å². The fraction of sp³-hybridized carbons (Fsp3) is 0.720. The van der Waals surface area contributed by atoms with Gasteiger partial charge in [0, 0.05) is 57.9 Å². The van der Waals surface area contributed by atoms with Gasteiger partial charge in [-0.3, -0.25) is 19.4 Å². The van der Waals surface area contributed by atoms with Gasteiger partial charge in [-0.15, -0.1) is 0 Å². The van der Waals surface area contributed by atoms with Crippen LogP contribution >= 0.6 is 0 Å². The van der Waals surface area contributed by atoms with Crippen molar-refractivity contribution < 1.29 is 14.0 Å². The molecule has 2 amide bonds. The van der Waals surface area contributed by atoms with E-state index in [0.29, 0.717) is 44.7 Å². The number of allylic oxidation sites excluding steroid dienone is 1. The highest BCUT2D eigenvalue weighted by Crippen LogP contribution is 2.44. The molecule has 2 saturated heterocycles. The number of rotatable bonds is 8. The second-order valence-corrected chi connectivity index (χ2v) is 9.89. The third-order valence-corrected chi connectivity index (χ3v) is 7.44. The van der Waals surface area contributed by atoms with E-state index in [1.165, 1.54) is 6.08 Å². The summed E-state index contributed by atoms with van der Waals surface area (Å²) in [6.07, 6.45) is 5.00. The lowest BCUT2D eigenvalue weighted by molar-refractivity contribution is -0.130. The monoisotopic (exact) mass is 459 g/mol. The van der Waals surface area contributed by atoms with Gasteiger partial charge in [0.15, 0.2) is 0 Å². The standard InChI is InChI=1S/C25H38FN5O2/c1-5-24(32)30-10-11-31(23(15-26)17-30)19(4)12-20-13-21(20)14-22(16-27)25(33)29-8-6-28(7-9-29)18(2)3/h5,14,18-21,23H,1,6-13,15,17H2,2-4H3/b22-14-. The first-order valence-electron chi connectivity index (χ1n) is 12.2. The number of piperazine rings is 2. The summed E-state index contributed by atoms with van der Waals surface area (Å²) in [5.41, 5.74) is 0.256. The maximum atomic E-state index is 13.7. The molecule has 1 saturated carbocycles. The number of hydrogen-bond acceptors (Lipinski definition) is 5. The van der Waals surface area contributed by atoms with E-state index in [4.69, 9.17) is 0 Å². The fourth-order valence-corrected chi connectivity index (χ4v) is 5.22. The molecule has 3 aliphatic rings. The van der Waals surface area contributed by atoms with Crippen LogP contribution in [0, 0.1) is 23.2 Å². The average Bonchev–Trinajstić information content (AvgIpc) is 3.57. The summed E-state index contributed by atoms with van der Waals surface area (Å²) in [5.74, 6) is 0.338. The molecule has 4 atom stereocenters. The zero-order chi connectivity index (χ0) is 24.1. The third-order valence-electron chi connectivity index (χ3n) is 7.44. The van der Waals surface area contributed by atoms with Crippen molar-refractivity contribution in [3.63, 3.8) is 0 Å². The maximum Gasteiger partial charge on any atom is 0.264 e. The summed E-state index contributed by atoms with van der Waals surface area (Å²) < 4.78 is 13.7. The Labute approximate surface area is 197 Å². The molecular formula is C25H38FN5O2. The van der Waals surface area contributed by atoms with Gasteiger partial charge in [-0.25, -0.2) is 4.39 Å². The molecule has 0 N–H and O–H groups in total. The van der Waals surface area contributed by atoms with Crippen molar-refractivity contribution in [2.75, 3.05) is 52.5 Å². The molecule has 4 unspecified atom stereocenters. The van der Waals surface area contributed by atoms with Crippen LogP contribution in [-0.4, -0.2) is 102 Å². The smallest absolute Gasteiger partial charge is 0.264 e. The molecule has 2 heterocycles. The third kappa shape index (κ3) is 6.21. The number of halogens is 1. The summed E-state index contributed by atoms with van der Waals surface area (Å²) in [6.45, 7) is 14.1. The van der Waals surface area contributed by atoms with Crippen molar-refractivity contribution >= 4 is 11.8 Å². The van der Waals surface area contributed by atoms with Gasteiger partial charge in [0.05, 0.1) is 6.04 Å². The molecule has 33 heavy (non-hydrogen) atoms. The van der Waals surface area contributed by atoms with E-state index in [2.05, 4.69) is 43.2 Å². The molecule has 0 aromatic carbocycles. The Morgan fingerprint density at radius 2 is 1.79 bits per heavy atom. The molecule has 2 aliphatic heterocycles. The van der Waals surface area contributed by atoms with Gasteiger partial charge in [-0.05, 0) is 51.5 Å². The summed E-state index contributed by atoms with van der Waals surface area (Å²) >= 11 is 0. The molecule has 3 fully saturated rings. The fourth-order valence-electron chi connectivity index (χ4n) is 5.22. The molecule has 0 bridgehead atoms. The van der Waals surface area contributed by atoms with Crippen molar-refractivity contribution in [2.24, 2.45) is 11.8 Å². The zero-order valence-corrected chi connectivity index (χ0v) is 20.3. The van der Waals surface area contributed by atoms with E-state index in [0.717, 1.165) is 25.9 Å². The van der Waals surface area contributed by atoms with Crippen LogP contribution in [-0.2, 0) is 9.59 Å². The highest BCUT2D eigenvalue weighted by Gasteiger charge is 2.40. The molecule has 0 spiro atoms. The predicted octanol–water partition coefficient (Wildman–Crippen LogP) is 2.07. The van der Waals surface area contributed by atoms with Crippen molar-refractivity contribution in [1.82, 2.24) is 19.6 Å². The first-order chi connectivity index (χ1) is 15.8. The number of carbonyl (C=O) groups excluding carboxylic acids is 2. The Morgan fingerprint density at radius 1 is 1.12 bits per heavy atom. The highest BCUT2D eigenvalue weighted by molar-refractivity contribution is 5.97. The van der Waals surface area contributed by atoms with Crippen LogP contribution in [0.15, 0.2) is 24.3 Å². The van der Waals surface area contributed by atoms with Gasteiger partial charge in [-0.2, -0.15) is 5.26 Å². The number of nitriles is 1. The summed E-state index contributed by atoms with van der Waals surface area (Å²) in [5, 5.41) is 9.61. The summed E-state index contributed by atoms with van der Waals surface area (Å²) in [7, 11) is 0. The van der Waals surface area contributed by atoms with Crippen LogP contribution in [0.5, 0.6) is 0 Å². The number of amides is 2. The zero-order valence-electron chi connectivity index (χ0n) is 20.3. The first kappa shape index (κ1) is 25.4. The Kier molecular flexibility index (Phi) is 8.66. The minimum atomic E-state index is -0.490. The van der Waals surface area contributed by atoms with Crippen molar-refractivity contribution in [3.8, 4) is 6.07 Å². The van der Waals surface area contributed by atoms with Crippen LogP contribution in [0.2, 0.25) is 0 Å². The number of hydrogen-bond donors (Lipinski definition) is 0. The Morgan fingerprint density at radius 3 is 2.36 bits per heavy atom. The largest absolute Gasteiger partial charge is 0.336 e. The molecule has 0 radical (unpaired) electrons. The Bertz CT molecular complexity index is 799. The molecule has 3 rings (SSSR count). The lowest BCUT2D eigenvalue weighted by Gasteiger charge is -2.43. The van der Waals surface area contributed by atoms with E-state index in [1.54, 1.807) is 9.80 Å². The predicted molar refractivity (Wildman–Crippen MR) is 126 cm³/mol. The van der Waals surface area contributed by atoms with Crippen LogP contribution < -0.4 is 0 Å². The van der Waals surface area contributed by atoms with E-state index < -0.39 is 6.67 Å². The van der Waals surface area contributed by atoms with Gasteiger partial charge in [-0.1, -0.05) is 12.7 Å². The topological polar surface area (TPSA) is 70.9 Å². The van der Waals surface area contributed by atoms with E-state index in [1.807, 2.05) is 6.08 Å². The molecule has 8 heteroatoms. The van der Waals surface area contributed by atoms with Crippen LogP contribution in [0.25, 0.3) is 0 Å². The normalized spacial score (nSPS) is 27.9. The first-order valence-corrected chi connectivity index (χ1v) is 12.2. The van der Waals surface area contributed by atoms with Gasteiger partial charge >= 0.3 is 0 Å². The molecule has 0 aromatic heterocycles. The maximum absolute atomic E-state index is 13.7. The van der Waals surface area contributed by atoms with Gasteiger partial charge in [0.25, 0.3) is 5.91 Å². The average molecular weight is 460 g/mol. The Hall–Kier alpha value is -2.24. The van der Waals surface area contributed by atoms with Crippen molar-refractivity contribution in [2.45, 2.75) is 51.7 Å². The lowest BCUT2D eigenvalue weighted by Crippen LogP contribution is -2.57. The molecule has 0 aromatic rings. The van der Waals surface area contributed by atoms with E-state index in [-0.39, 0.29) is 35.4 Å². The van der Waals surface area contributed by atoms with Gasteiger partial charge in [0.1, 0.15) is 18.3 Å². The second-order valence-electron chi connectivity index (χ2n) is 9.89.